The number of nitrogens with zero attached hydrogens (tertiary/aromatic N) is 3. The molecule has 1 aromatic carbocycles. The summed E-state index contributed by atoms with van der Waals surface area (Å²) in [4.78, 5) is 0. The van der Waals surface area contributed by atoms with Crippen LogP contribution in [0.4, 0.5) is 0 Å². The van der Waals surface area contributed by atoms with E-state index in [2.05, 4.69) is 46.8 Å². The summed E-state index contributed by atoms with van der Waals surface area (Å²) >= 11 is 0. The van der Waals surface area contributed by atoms with Crippen molar-refractivity contribution in [3.8, 4) is 0 Å². The number of hydrogen-bond donors (Lipinski definition) is 1. The minimum Gasteiger partial charge on any atom is -0.314 e. The standard InChI is InChI=1S/C16H22N4/c1-13-4-2-5-14(10-13)15-11-16(12-15)17-6-3-8-20-9-7-18-19-20/h2,4-5,7,9-10,15-17H,3,6,8,11-12H2,1H3. The number of hydrogen-bond acceptors (Lipinski definition) is 3. The highest BCUT2D eigenvalue weighted by Crippen LogP contribution is 2.36. The van der Waals surface area contributed by atoms with Gasteiger partial charge in [-0.2, -0.15) is 0 Å². The molecule has 3 rings (SSSR count). The fourth-order valence-corrected chi connectivity index (χ4v) is 2.88. The predicted octanol–water partition coefficient (Wildman–Crippen LogP) is 2.51. The van der Waals surface area contributed by atoms with Crippen molar-refractivity contribution in [2.75, 3.05) is 6.54 Å². The van der Waals surface area contributed by atoms with Crippen molar-refractivity contribution in [1.82, 2.24) is 20.3 Å². The van der Waals surface area contributed by atoms with Crippen LogP contribution in [0.1, 0.15) is 36.3 Å². The third-order valence-corrected chi connectivity index (χ3v) is 4.12. The Labute approximate surface area is 120 Å². The average molecular weight is 270 g/mol. The lowest BCUT2D eigenvalue weighted by Crippen LogP contribution is -2.40. The monoisotopic (exact) mass is 270 g/mol. The third-order valence-electron chi connectivity index (χ3n) is 4.12. The molecule has 0 radical (unpaired) electrons. The molecule has 106 valence electrons. The molecule has 1 aliphatic carbocycles. The number of aryl methyl sites for hydroxylation is 2. The van der Waals surface area contributed by atoms with Crippen molar-refractivity contribution in [2.24, 2.45) is 0 Å². The Balaban J connectivity index is 1.34. The molecule has 1 aromatic heterocycles. The summed E-state index contributed by atoms with van der Waals surface area (Å²) in [5.74, 6) is 0.753. The van der Waals surface area contributed by atoms with E-state index in [1.54, 1.807) is 6.20 Å². The fourth-order valence-electron chi connectivity index (χ4n) is 2.88. The zero-order chi connectivity index (χ0) is 13.8. The molecule has 0 amide bonds. The molecule has 4 nitrogen and oxygen atoms in total. The Morgan fingerprint density at radius 1 is 1.35 bits per heavy atom. The van der Waals surface area contributed by atoms with Crippen LogP contribution in [0.2, 0.25) is 0 Å². The molecule has 0 saturated heterocycles. The van der Waals surface area contributed by atoms with Gasteiger partial charge in [0.25, 0.3) is 0 Å². The van der Waals surface area contributed by atoms with Gasteiger partial charge in [0.15, 0.2) is 0 Å². The fraction of sp³-hybridized carbons (Fsp3) is 0.500. The van der Waals surface area contributed by atoms with Crippen molar-refractivity contribution in [2.45, 2.75) is 44.7 Å². The van der Waals surface area contributed by atoms with Crippen molar-refractivity contribution < 1.29 is 0 Å². The average Bonchev–Trinajstić information content (AvgIpc) is 2.89. The molecule has 1 N–H and O–H groups in total. The van der Waals surface area contributed by atoms with Crippen molar-refractivity contribution in [3.05, 3.63) is 47.8 Å². The molecule has 1 fully saturated rings. The Kier molecular flexibility index (Phi) is 4.11. The number of nitrogens with one attached hydrogen (secondary N) is 1. The highest BCUT2D eigenvalue weighted by molar-refractivity contribution is 5.27. The van der Waals surface area contributed by atoms with E-state index < -0.39 is 0 Å². The first-order valence-electron chi connectivity index (χ1n) is 7.45. The molecular formula is C16H22N4. The van der Waals surface area contributed by atoms with Gasteiger partial charge in [0.2, 0.25) is 0 Å². The minimum absolute atomic E-state index is 0.691. The first-order valence-corrected chi connectivity index (χ1v) is 7.45. The van der Waals surface area contributed by atoms with E-state index in [1.807, 2.05) is 10.9 Å². The molecule has 0 atom stereocenters. The van der Waals surface area contributed by atoms with Gasteiger partial charge in [0, 0.05) is 18.8 Å². The molecule has 20 heavy (non-hydrogen) atoms. The molecule has 0 bridgehead atoms. The van der Waals surface area contributed by atoms with E-state index >= 15 is 0 Å². The van der Waals surface area contributed by atoms with Crippen LogP contribution in [0, 0.1) is 6.92 Å². The Bertz CT molecular complexity index is 529. The second-order valence-corrected chi connectivity index (χ2v) is 5.75. The maximum absolute atomic E-state index is 3.97. The van der Waals surface area contributed by atoms with E-state index in [0.717, 1.165) is 25.4 Å². The predicted molar refractivity (Wildman–Crippen MR) is 79.6 cm³/mol. The van der Waals surface area contributed by atoms with E-state index in [1.165, 1.54) is 24.0 Å². The Hall–Kier alpha value is -1.68. The van der Waals surface area contributed by atoms with Crippen molar-refractivity contribution >= 4 is 0 Å². The number of rotatable bonds is 6. The highest BCUT2D eigenvalue weighted by atomic mass is 15.4. The van der Waals surface area contributed by atoms with Crippen LogP contribution >= 0.6 is 0 Å². The van der Waals surface area contributed by atoms with Crippen molar-refractivity contribution in [1.29, 1.82) is 0 Å². The van der Waals surface area contributed by atoms with Crippen LogP contribution in [0.3, 0.4) is 0 Å². The van der Waals surface area contributed by atoms with Crippen LogP contribution in [0.15, 0.2) is 36.7 Å². The molecule has 1 saturated carbocycles. The van der Waals surface area contributed by atoms with Crippen LogP contribution in [0.5, 0.6) is 0 Å². The summed E-state index contributed by atoms with van der Waals surface area (Å²) in [5, 5.41) is 11.4. The van der Waals surface area contributed by atoms with Gasteiger partial charge in [-0.3, -0.25) is 4.68 Å². The van der Waals surface area contributed by atoms with Gasteiger partial charge in [-0.25, -0.2) is 0 Å². The maximum atomic E-state index is 3.97. The van der Waals surface area contributed by atoms with E-state index in [-0.39, 0.29) is 0 Å². The molecule has 0 aliphatic heterocycles. The van der Waals surface area contributed by atoms with Gasteiger partial charge in [0.1, 0.15) is 0 Å². The highest BCUT2D eigenvalue weighted by Gasteiger charge is 2.29. The smallest absolute Gasteiger partial charge is 0.0692 e. The lowest BCUT2D eigenvalue weighted by atomic mass is 9.75. The molecule has 0 unspecified atom stereocenters. The normalized spacial score (nSPS) is 21.6. The molecule has 0 spiro atoms. The topological polar surface area (TPSA) is 42.7 Å². The van der Waals surface area contributed by atoms with Gasteiger partial charge >= 0.3 is 0 Å². The zero-order valence-corrected chi connectivity index (χ0v) is 12.0. The Morgan fingerprint density at radius 2 is 2.25 bits per heavy atom. The summed E-state index contributed by atoms with van der Waals surface area (Å²) in [6.45, 7) is 4.17. The number of aromatic nitrogens is 3. The Morgan fingerprint density at radius 3 is 3.00 bits per heavy atom. The van der Waals surface area contributed by atoms with Gasteiger partial charge in [0.05, 0.1) is 6.20 Å². The molecule has 1 heterocycles. The lowest BCUT2D eigenvalue weighted by molar-refractivity contribution is 0.288. The summed E-state index contributed by atoms with van der Waals surface area (Å²) in [5.41, 5.74) is 2.87. The summed E-state index contributed by atoms with van der Waals surface area (Å²) in [7, 11) is 0. The summed E-state index contributed by atoms with van der Waals surface area (Å²) in [6, 6.07) is 9.62. The van der Waals surface area contributed by atoms with E-state index in [4.69, 9.17) is 0 Å². The van der Waals surface area contributed by atoms with Gasteiger partial charge in [-0.1, -0.05) is 35.0 Å². The van der Waals surface area contributed by atoms with Crippen LogP contribution < -0.4 is 5.32 Å². The first-order chi connectivity index (χ1) is 9.81. The first kappa shape index (κ1) is 13.3. The van der Waals surface area contributed by atoms with Crippen LogP contribution in [-0.2, 0) is 6.54 Å². The zero-order valence-electron chi connectivity index (χ0n) is 12.0. The van der Waals surface area contributed by atoms with Gasteiger partial charge in [-0.15, -0.1) is 5.10 Å². The van der Waals surface area contributed by atoms with E-state index in [9.17, 15) is 0 Å². The number of benzene rings is 1. The summed E-state index contributed by atoms with van der Waals surface area (Å²) < 4.78 is 1.89. The SMILES string of the molecule is Cc1cccc(C2CC(NCCCn3ccnn3)C2)c1. The molecular weight excluding hydrogens is 248 g/mol. The quantitative estimate of drug-likeness (QED) is 0.820. The largest absolute Gasteiger partial charge is 0.314 e. The molecule has 4 heteroatoms. The lowest BCUT2D eigenvalue weighted by Gasteiger charge is -2.36. The van der Waals surface area contributed by atoms with Gasteiger partial charge < -0.3 is 5.32 Å². The van der Waals surface area contributed by atoms with E-state index in [0.29, 0.717) is 6.04 Å². The molecule has 2 aromatic rings. The van der Waals surface area contributed by atoms with Gasteiger partial charge in [-0.05, 0) is 44.2 Å². The van der Waals surface area contributed by atoms with Crippen molar-refractivity contribution in [3.63, 3.8) is 0 Å². The molecule has 1 aliphatic rings. The van der Waals surface area contributed by atoms with Crippen LogP contribution in [-0.4, -0.2) is 27.6 Å². The maximum Gasteiger partial charge on any atom is 0.0692 e. The second-order valence-electron chi connectivity index (χ2n) is 5.75. The van der Waals surface area contributed by atoms with Crippen LogP contribution in [0.25, 0.3) is 0 Å². The minimum atomic E-state index is 0.691. The third kappa shape index (κ3) is 3.25. The second kappa shape index (κ2) is 6.18. The summed E-state index contributed by atoms with van der Waals surface area (Å²) in [6.07, 6.45) is 7.29.